The largest absolute Gasteiger partial charge is 0.504 e. The second kappa shape index (κ2) is 10.5. The van der Waals surface area contributed by atoms with Crippen LogP contribution in [0.3, 0.4) is 0 Å². The maximum atomic E-state index is 11.8. The van der Waals surface area contributed by atoms with Gasteiger partial charge in [0.2, 0.25) is 12.0 Å². The molecule has 0 amide bonds. The molecule has 2 aromatic carbocycles. The molecule has 1 saturated heterocycles. The molecule has 2 aromatic rings. The number of phenols is 3. The summed E-state index contributed by atoms with van der Waals surface area (Å²) in [5.74, 6) is -2.16. The molecular formula is C24H28O13. The third-order valence-corrected chi connectivity index (χ3v) is 6.21. The van der Waals surface area contributed by atoms with Gasteiger partial charge in [-0.3, -0.25) is 4.79 Å². The van der Waals surface area contributed by atoms with Gasteiger partial charge in [-0.2, -0.15) is 0 Å². The minimum absolute atomic E-state index is 0.00964. The monoisotopic (exact) mass is 524 g/mol. The van der Waals surface area contributed by atoms with E-state index in [2.05, 4.69) is 0 Å². The number of aromatic hydroxyl groups is 3. The Kier molecular flexibility index (Phi) is 7.52. The number of carbonyl (C=O) groups excluding carboxylic acids is 1. The van der Waals surface area contributed by atoms with E-state index in [4.69, 9.17) is 23.7 Å². The number of hydrogen-bond acceptors (Lipinski definition) is 13. The number of ether oxygens (including phenoxy) is 5. The molecule has 13 heteroatoms. The average Bonchev–Trinajstić information content (AvgIpc) is 2.86. The molecule has 0 aromatic heterocycles. The van der Waals surface area contributed by atoms with Crippen molar-refractivity contribution in [2.75, 3.05) is 13.7 Å². The van der Waals surface area contributed by atoms with Crippen molar-refractivity contribution < 1.29 is 64.2 Å². The molecule has 13 nitrogen and oxygen atoms in total. The Bertz CT molecular complexity index is 1150. The lowest BCUT2D eigenvalue weighted by atomic mass is 9.93. The zero-order valence-electron chi connectivity index (χ0n) is 19.8. The molecule has 7 N–H and O–H groups in total. The Balaban J connectivity index is 1.78. The summed E-state index contributed by atoms with van der Waals surface area (Å²) in [5.41, 5.74) is 0.638. The van der Waals surface area contributed by atoms with Crippen molar-refractivity contribution in [3.05, 3.63) is 35.4 Å². The standard InChI is InChI=1S/C24H28O13/c1-9(26)34-16-6-11-15(33-2)7-14(29)23(37-24-20(32)19(31)18(30)17(8-25)35-24)22(11)36-21(16)10-3-4-12(27)13(28)5-10/h3-5,7,16-21,24-25,27-32H,6,8H2,1-2H3/t16?,17-,18-,19+,20-,21?,24+/m1/s1. The molecule has 4 rings (SSSR count). The first-order chi connectivity index (χ1) is 17.5. The summed E-state index contributed by atoms with van der Waals surface area (Å²) in [5, 5.41) is 70.5. The molecular weight excluding hydrogens is 496 g/mol. The zero-order valence-corrected chi connectivity index (χ0v) is 19.8. The highest BCUT2D eigenvalue weighted by molar-refractivity contribution is 5.67. The summed E-state index contributed by atoms with van der Waals surface area (Å²) in [7, 11) is 1.35. The summed E-state index contributed by atoms with van der Waals surface area (Å²) in [6, 6.07) is 5.10. The van der Waals surface area contributed by atoms with Crippen LogP contribution in [0, 0.1) is 0 Å². The molecule has 2 unspecified atom stereocenters. The van der Waals surface area contributed by atoms with E-state index in [1.807, 2.05) is 0 Å². The van der Waals surface area contributed by atoms with Gasteiger partial charge in [0, 0.05) is 30.5 Å². The highest BCUT2D eigenvalue weighted by atomic mass is 16.7. The van der Waals surface area contributed by atoms with Crippen molar-refractivity contribution in [3.8, 4) is 34.5 Å². The minimum Gasteiger partial charge on any atom is -0.504 e. The second-order valence-corrected chi connectivity index (χ2v) is 8.69. The Morgan fingerprint density at radius 2 is 1.76 bits per heavy atom. The van der Waals surface area contributed by atoms with E-state index in [1.165, 1.54) is 38.3 Å². The van der Waals surface area contributed by atoms with E-state index in [9.17, 15) is 40.5 Å². The van der Waals surface area contributed by atoms with E-state index in [0.29, 0.717) is 11.1 Å². The van der Waals surface area contributed by atoms with Gasteiger partial charge in [-0.1, -0.05) is 6.07 Å². The molecule has 0 spiro atoms. The van der Waals surface area contributed by atoms with Crippen molar-refractivity contribution in [3.63, 3.8) is 0 Å². The Morgan fingerprint density at radius 1 is 1.03 bits per heavy atom. The lowest BCUT2D eigenvalue weighted by Gasteiger charge is -2.40. The number of aliphatic hydroxyl groups excluding tert-OH is 4. The number of methoxy groups -OCH3 is 1. The first-order valence-corrected chi connectivity index (χ1v) is 11.3. The Morgan fingerprint density at radius 3 is 2.38 bits per heavy atom. The quantitative estimate of drug-likeness (QED) is 0.190. The summed E-state index contributed by atoms with van der Waals surface area (Å²) >= 11 is 0. The topological polar surface area (TPSA) is 205 Å². The maximum Gasteiger partial charge on any atom is 0.303 e. The van der Waals surface area contributed by atoms with Gasteiger partial charge < -0.3 is 59.4 Å². The van der Waals surface area contributed by atoms with Crippen LogP contribution in [0.25, 0.3) is 0 Å². The number of aliphatic hydroxyl groups is 4. The van der Waals surface area contributed by atoms with Crippen LogP contribution in [0.2, 0.25) is 0 Å². The van der Waals surface area contributed by atoms with Crippen molar-refractivity contribution >= 4 is 5.97 Å². The molecule has 2 heterocycles. The highest BCUT2D eigenvalue weighted by Gasteiger charge is 2.46. The molecule has 0 saturated carbocycles. The van der Waals surface area contributed by atoms with Crippen LogP contribution in [-0.4, -0.2) is 92.2 Å². The van der Waals surface area contributed by atoms with Gasteiger partial charge in [0.1, 0.15) is 36.3 Å². The van der Waals surface area contributed by atoms with Crippen LogP contribution < -0.4 is 14.2 Å². The van der Waals surface area contributed by atoms with Crippen LogP contribution in [0.4, 0.5) is 0 Å². The van der Waals surface area contributed by atoms with Crippen molar-refractivity contribution in [2.24, 2.45) is 0 Å². The Labute approximate surface area is 210 Å². The van der Waals surface area contributed by atoms with Crippen LogP contribution in [0.1, 0.15) is 24.2 Å². The van der Waals surface area contributed by atoms with Gasteiger partial charge in [0.05, 0.1) is 13.7 Å². The van der Waals surface area contributed by atoms with Gasteiger partial charge in [0.25, 0.3) is 0 Å². The number of carbonyl (C=O) groups is 1. The predicted octanol–water partition coefficient (Wildman–Crippen LogP) is -0.401. The summed E-state index contributed by atoms with van der Waals surface area (Å²) in [6.45, 7) is 0.521. The fourth-order valence-corrected chi connectivity index (χ4v) is 4.36. The van der Waals surface area contributed by atoms with E-state index in [1.54, 1.807) is 0 Å². The van der Waals surface area contributed by atoms with Gasteiger partial charge in [0.15, 0.2) is 29.1 Å². The molecule has 0 radical (unpaired) electrons. The van der Waals surface area contributed by atoms with E-state index in [0.717, 1.165) is 0 Å². The van der Waals surface area contributed by atoms with Gasteiger partial charge in [-0.05, 0) is 12.1 Å². The minimum atomic E-state index is -1.77. The molecule has 2 aliphatic heterocycles. The highest BCUT2D eigenvalue weighted by Crippen LogP contribution is 2.51. The van der Waals surface area contributed by atoms with Crippen LogP contribution in [0.5, 0.6) is 34.5 Å². The van der Waals surface area contributed by atoms with Crippen molar-refractivity contribution in [2.45, 2.75) is 56.3 Å². The lowest BCUT2D eigenvalue weighted by molar-refractivity contribution is -0.278. The van der Waals surface area contributed by atoms with E-state index in [-0.39, 0.29) is 29.4 Å². The van der Waals surface area contributed by atoms with E-state index >= 15 is 0 Å². The smallest absolute Gasteiger partial charge is 0.303 e. The number of esters is 1. The number of hydrogen-bond donors (Lipinski definition) is 7. The third kappa shape index (κ3) is 5.04. The van der Waals surface area contributed by atoms with E-state index < -0.39 is 67.0 Å². The van der Waals surface area contributed by atoms with Crippen LogP contribution in [-0.2, 0) is 20.7 Å². The van der Waals surface area contributed by atoms with Crippen molar-refractivity contribution in [1.29, 1.82) is 0 Å². The molecule has 0 aliphatic carbocycles. The Hall–Kier alpha value is -3.49. The first kappa shape index (κ1) is 26.6. The van der Waals surface area contributed by atoms with Crippen molar-refractivity contribution in [1.82, 2.24) is 0 Å². The van der Waals surface area contributed by atoms with Gasteiger partial charge >= 0.3 is 5.97 Å². The molecule has 37 heavy (non-hydrogen) atoms. The second-order valence-electron chi connectivity index (χ2n) is 8.69. The maximum absolute atomic E-state index is 11.8. The summed E-state index contributed by atoms with van der Waals surface area (Å²) < 4.78 is 28.0. The number of phenolic OH excluding ortho intramolecular Hbond substituents is 3. The zero-order chi connectivity index (χ0) is 27.0. The molecule has 1 fully saturated rings. The predicted molar refractivity (Wildman–Crippen MR) is 121 cm³/mol. The fraction of sp³-hybridized carbons (Fsp3) is 0.458. The fourth-order valence-electron chi connectivity index (χ4n) is 4.36. The molecule has 2 aliphatic rings. The number of rotatable bonds is 6. The molecule has 202 valence electrons. The normalized spacial score (nSPS) is 29.1. The van der Waals surface area contributed by atoms with Crippen LogP contribution in [0.15, 0.2) is 24.3 Å². The van der Waals surface area contributed by atoms with Gasteiger partial charge in [-0.15, -0.1) is 0 Å². The summed E-state index contributed by atoms with van der Waals surface area (Å²) in [6.07, 6.45) is -9.97. The SMILES string of the molecule is COc1cc(O)c(O[C@@H]2O[C@H](CO)[C@@H](O)[C@H](O)[C@H]2O)c2c1CC(OC(C)=O)C(c1ccc(O)c(O)c1)O2. The number of benzene rings is 2. The molecule has 0 bridgehead atoms. The lowest BCUT2D eigenvalue weighted by Crippen LogP contribution is -2.60. The summed E-state index contributed by atoms with van der Waals surface area (Å²) in [4.78, 5) is 11.8. The van der Waals surface area contributed by atoms with Gasteiger partial charge in [-0.25, -0.2) is 0 Å². The number of fused-ring (bicyclic) bond motifs is 1. The van der Waals surface area contributed by atoms with Crippen LogP contribution >= 0.6 is 0 Å². The third-order valence-electron chi connectivity index (χ3n) is 6.21. The molecule has 7 atom stereocenters. The average molecular weight is 524 g/mol. The first-order valence-electron chi connectivity index (χ1n) is 11.3.